The monoisotopic (exact) mass is 468 g/mol. The van der Waals surface area contributed by atoms with E-state index in [1.54, 1.807) is 42.0 Å². The Hall–Kier alpha value is -2.77. The third kappa shape index (κ3) is 4.39. The van der Waals surface area contributed by atoms with Gasteiger partial charge in [-0.3, -0.25) is 0 Å². The Kier molecular flexibility index (Phi) is 6.29. The summed E-state index contributed by atoms with van der Waals surface area (Å²) in [4.78, 5) is 0.227. The first-order chi connectivity index (χ1) is 15.7. The Morgan fingerprint density at radius 1 is 1.36 bits per heavy atom. The first-order valence-corrected chi connectivity index (χ1v) is 12.7. The van der Waals surface area contributed by atoms with E-state index >= 15 is 0 Å². The second-order valence-corrected chi connectivity index (χ2v) is 11.3. The van der Waals surface area contributed by atoms with Gasteiger partial charge in [0.05, 0.1) is 29.4 Å². The fraction of sp³-hybridized carbons (Fsp3) is 0.346. The highest BCUT2D eigenvalue weighted by Gasteiger charge is 2.49. The zero-order valence-corrected chi connectivity index (χ0v) is 19.7. The van der Waals surface area contributed by atoms with Crippen LogP contribution in [0.2, 0.25) is 0 Å². The number of hydrogen-bond acceptors (Lipinski definition) is 4. The highest BCUT2D eigenvalue weighted by atomic mass is 32.2. The van der Waals surface area contributed by atoms with Crippen LogP contribution in [-0.4, -0.2) is 35.2 Å². The average Bonchev–Trinajstić information content (AvgIpc) is 3.31. The molecule has 1 N–H and O–H groups in total. The quantitative estimate of drug-likeness (QED) is 0.593. The number of sulfone groups is 1. The molecule has 0 amide bonds. The van der Waals surface area contributed by atoms with Crippen molar-refractivity contribution in [1.29, 1.82) is 0 Å². The smallest absolute Gasteiger partial charge is 0.176 e. The number of aliphatic hydroxyl groups is 1. The molecular formula is C26H29FN2O3S. The van der Waals surface area contributed by atoms with Crippen LogP contribution in [0, 0.1) is 17.2 Å². The minimum absolute atomic E-state index is 0.169. The van der Waals surface area contributed by atoms with Crippen molar-refractivity contribution < 1.29 is 17.9 Å². The van der Waals surface area contributed by atoms with Gasteiger partial charge in [0.15, 0.2) is 9.84 Å². The number of nitrogens with zero attached hydrogens (tertiary/aromatic N) is 2. The van der Waals surface area contributed by atoms with Gasteiger partial charge >= 0.3 is 0 Å². The van der Waals surface area contributed by atoms with Gasteiger partial charge in [-0.2, -0.15) is 5.10 Å². The molecule has 1 saturated carbocycles. The first kappa shape index (κ1) is 23.4. The largest absolute Gasteiger partial charge is 0.392 e. The van der Waals surface area contributed by atoms with E-state index in [0.717, 1.165) is 29.8 Å². The first-order valence-electron chi connectivity index (χ1n) is 11.1. The summed E-state index contributed by atoms with van der Waals surface area (Å²) in [6, 6.07) is 6.22. The fourth-order valence-electron chi connectivity index (χ4n) is 5.13. The zero-order valence-electron chi connectivity index (χ0n) is 18.9. The molecule has 3 atom stereocenters. The number of allylic oxidation sites excluding steroid dienone is 6. The summed E-state index contributed by atoms with van der Waals surface area (Å²) in [6.45, 7) is 7.23. The molecule has 33 heavy (non-hydrogen) atoms. The van der Waals surface area contributed by atoms with Gasteiger partial charge in [0, 0.05) is 4.91 Å². The second-order valence-electron chi connectivity index (χ2n) is 9.10. The number of benzene rings is 1. The predicted octanol–water partition coefficient (Wildman–Crippen LogP) is 4.79. The van der Waals surface area contributed by atoms with E-state index < -0.39 is 15.9 Å². The molecule has 2 aliphatic rings. The number of rotatable bonds is 7. The summed E-state index contributed by atoms with van der Waals surface area (Å²) in [7, 11) is -3.58. The number of aliphatic hydroxyl groups excluding tert-OH is 1. The Balaban J connectivity index is 1.58. The van der Waals surface area contributed by atoms with Gasteiger partial charge in [-0.25, -0.2) is 17.5 Å². The van der Waals surface area contributed by atoms with Gasteiger partial charge in [0.25, 0.3) is 0 Å². The van der Waals surface area contributed by atoms with Crippen LogP contribution >= 0.6 is 0 Å². The molecule has 0 bridgehead atoms. The summed E-state index contributed by atoms with van der Waals surface area (Å²) in [6.07, 6.45) is 11.6. The van der Waals surface area contributed by atoms with Gasteiger partial charge < -0.3 is 5.11 Å². The second kappa shape index (κ2) is 8.88. The van der Waals surface area contributed by atoms with Gasteiger partial charge in [-0.05, 0) is 79.5 Å². The molecule has 1 aromatic heterocycles. The number of halogens is 1. The lowest BCUT2D eigenvalue weighted by Crippen LogP contribution is -2.39. The van der Waals surface area contributed by atoms with Gasteiger partial charge in [-0.15, -0.1) is 0 Å². The molecule has 2 aromatic rings. The van der Waals surface area contributed by atoms with Gasteiger partial charge in [-0.1, -0.05) is 37.3 Å². The van der Waals surface area contributed by atoms with E-state index in [2.05, 4.69) is 24.7 Å². The lowest BCUT2D eigenvalue weighted by Gasteiger charge is -2.38. The Bertz CT molecular complexity index is 1250. The topological polar surface area (TPSA) is 72.2 Å². The molecule has 0 saturated heterocycles. The van der Waals surface area contributed by atoms with E-state index in [9.17, 15) is 17.9 Å². The minimum atomic E-state index is -3.58. The Morgan fingerprint density at radius 3 is 2.79 bits per heavy atom. The molecule has 1 heterocycles. The van der Waals surface area contributed by atoms with Crippen LogP contribution in [0.3, 0.4) is 0 Å². The maximum absolute atomic E-state index is 13.3. The molecule has 5 nitrogen and oxygen atoms in total. The summed E-state index contributed by atoms with van der Waals surface area (Å²) in [5.74, 6) is -0.764. The van der Waals surface area contributed by atoms with E-state index in [4.69, 9.17) is 0 Å². The van der Waals surface area contributed by atoms with Crippen molar-refractivity contribution in [3.05, 3.63) is 88.9 Å². The van der Waals surface area contributed by atoms with Crippen LogP contribution in [0.4, 0.5) is 4.39 Å². The van der Waals surface area contributed by atoms with Crippen LogP contribution in [0.25, 0.3) is 11.8 Å². The van der Waals surface area contributed by atoms with Crippen LogP contribution in [0.5, 0.6) is 0 Å². The molecule has 1 fully saturated rings. The number of aromatic nitrogens is 2. The van der Waals surface area contributed by atoms with Crippen molar-refractivity contribution in [2.75, 3.05) is 5.75 Å². The highest BCUT2D eigenvalue weighted by molar-refractivity contribution is 7.95. The van der Waals surface area contributed by atoms with Crippen LogP contribution in [0.1, 0.15) is 37.9 Å². The molecule has 7 heteroatoms. The lowest BCUT2D eigenvalue weighted by atomic mass is 9.68. The summed E-state index contributed by atoms with van der Waals surface area (Å²) in [5.41, 5.74) is 3.65. The molecule has 1 aromatic carbocycles. The number of fused-ring (bicyclic) bond motifs is 2. The predicted molar refractivity (Wildman–Crippen MR) is 129 cm³/mol. The van der Waals surface area contributed by atoms with Crippen molar-refractivity contribution in [2.24, 2.45) is 11.3 Å². The summed E-state index contributed by atoms with van der Waals surface area (Å²) < 4.78 is 40.7. The third-order valence-corrected chi connectivity index (χ3v) is 8.92. The summed E-state index contributed by atoms with van der Waals surface area (Å²) >= 11 is 0. The maximum Gasteiger partial charge on any atom is 0.176 e. The van der Waals surface area contributed by atoms with Crippen LogP contribution in [0.15, 0.2) is 71.8 Å². The standard InChI is InChI=1S/C26H29FN2O3S/c1-4-5-6-7-18(2)33(31,32)17-25(30)23-13-8-20-14-24-19(15-26(20,23)3)16-28-29(24)22-11-9-21(27)10-12-22/h4-7,9-12,14,16,23,25,30H,1,8,13,15,17H2,2-3H3/b6-5-,18-7+. The Morgan fingerprint density at radius 2 is 2.09 bits per heavy atom. The maximum atomic E-state index is 13.3. The highest BCUT2D eigenvalue weighted by Crippen LogP contribution is 2.54. The van der Waals surface area contributed by atoms with Crippen molar-refractivity contribution in [1.82, 2.24) is 9.78 Å². The normalized spacial score (nSPS) is 23.8. The molecule has 0 spiro atoms. The summed E-state index contributed by atoms with van der Waals surface area (Å²) in [5, 5.41) is 15.6. The molecule has 3 unspecified atom stereocenters. The molecule has 2 aliphatic carbocycles. The van der Waals surface area contributed by atoms with Crippen LogP contribution in [-0.2, 0) is 16.3 Å². The SMILES string of the molecule is C=C/C=C\C=C(/C)S(=O)(=O)CC(O)C1CCC2=Cc3c(cnn3-c3ccc(F)cc3)CC21C. The lowest BCUT2D eigenvalue weighted by molar-refractivity contribution is 0.0732. The molecule has 0 aliphatic heterocycles. The number of hydrogen-bond donors (Lipinski definition) is 1. The molecule has 174 valence electrons. The average molecular weight is 469 g/mol. The Labute approximate surface area is 194 Å². The van der Waals surface area contributed by atoms with Crippen molar-refractivity contribution in [3.8, 4) is 5.69 Å². The minimum Gasteiger partial charge on any atom is -0.392 e. The van der Waals surface area contributed by atoms with E-state index in [-0.39, 0.29) is 27.8 Å². The van der Waals surface area contributed by atoms with Crippen LogP contribution < -0.4 is 0 Å². The molecule has 4 rings (SSSR count). The van der Waals surface area contributed by atoms with Gasteiger partial charge in [0.2, 0.25) is 0 Å². The molecular weight excluding hydrogens is 439 g/mol. The van der Waals surface area contributed by atoms with E-state index in [1.165, 1.54) is 23.8 Å². The van der Waals surface area contributed by atoms with Crippen molar-refractivity contribution in [3.63, 3.8) is 0 Å². The van der Waals surface area contributed by atoms with Crippen molar-refractivity contribution in [2.45, 2.75) is 39.2 Å². The van der Waals surface area contributed by atoms with Crippen molar-refractivity contribution >= 4 is 15.9 Å². The van der Waals surface area contributed by atoms with E-state index in [1.807, 2.05) is 6.20 Å². The fourth-order valence-corrected chi connectivity index (χ4v) is 6.36. The zero-order chi connectivity index (χ0) is 23.8. The third-order valence-electron chi connectivity index (χ3n) is 7.03. The van der Waals surface area contributed by atoms with Gasteiger partial charge in [0.1, 0.15) is 5.82 Å². The van der Waals surface area contributed by atoms with E-state index in [0.29, 0.717) is 6.42 Å². The molecule has 0 radical (unpaired) electrons.